The summed E-state index contributed by atoms with van der Waals surface area (Å²) < 4.78 is 0. The van der Waals surface area contributed by atoms with Gasteiger partial charge < -0.3 is 15.2 Å². The first-order valence-corrected chi connectivity index (χ1v) is 6.62. The summed E-state index contributed by atoms with van der Waals surface area (Å²) in [4.78, 5) is 27.2. The second-order valence-corrected chi connectivity index (χ2v) is 4.82. The maximum atomic E-state index is 12.1. The van der Waals surface area contributed by atoms with Gasteiger partial charge in [-0.05, 0) is 29.6 Å². The van der Waals surface area contributed by atoms with Crippen molar-refractivity contribution < 1.29 is 15.1 Å². The van der Waals surface area contributed by atoms with Gasteiger partial charge in [-0.25, -0.2) is 0 Å². The molecule has 0 aliphatic rings. The van der Waals surface area contributed by atoms with Crippen molar-refractivity contribution in [3.63, 3.8) is 0 Å². The number of aliphatic hydroxyl groups is 2. The number of nitro groups is 1. The minimum Gasteiger partial charge on any atom is -0.390 e. The Morgan fingerprint density at radius 1 is 1.43 bits per heavy atom. The Hall–Kier alpha value is -2.94. The molecule has 0 aliphatic heterocycles. The molecule has 1 heterocycles. The van der Waals surface area contributed by atoms with Crippen molar-refractivity contribution in [2.75, 3.05) is 6.54 Å². The third-order valence-corrected chi connectivity index (χ3v) is 3.38. The molecule has 2 unspecified atom stereocenters. The molecule has 23 heavy (non-hydrogen) atoms. The van der Waals surface area contributed by atoms with Crippen molar-refractivity contribution in [1.82, 2.24) is 4.98 Å². The van der Waals surface area contributed by atoms with Crippen molar-refractivity contribution in [2.45, 2.75) is 18.6 Å². The fraction of sp³-hybridized carbons (Fsp3) is 0.308. The lowest BCUT2D eigenvalue weighted by atomic mass is 10.00. The molecule has 10 heteroatoms. The molecule has 0 saturated carbocycles. The second-order valence-electron chi connectivity index (χ2n) is 4.82. The third kappa shape index (κ3) is 3.46. The Kier molecular flexibility index (Phi) is 4.91. The zero-order valence-electron chi connectivity index (χ0n) is 11.8. The monoisotopic (exact) mass is 319 g/mol. The predicted molar refractivity (Wildman–Crippen MR) is 80.8 cm³/mol. The molecular weight excluding hydrogens is 306 g/mol. The molecule has 0 bridgehead atoms. The van der Waals surface area contributed by atoms with Crippen LogP contribution in [-0.2, 0) is 0 Å². The molecule has 0 aliphatic carbocycles. The zero-order chi connectivity index (χ0) is 17.0. The van der Waals surface area contributed by atoms with Gasteiger partial charge in [0.1, 0.15) is 6.10 Å². The van der Waals surface area contributed by atoms with Crippen LogP contribution in [0.5, 0.6) is 0 Å². The van der Waals surface area contributed by atoms with Gasteiger partial charge in [0.15, 0.2) is 0 Å². The summed E-state index contributed by atoms with van der Waals surface area (Å²) in [5.74, 6) is 0. The van der Waals surface area contributed by atoms with Crippen molar-refractivity contribution in [2.24, 2.45) is 5.11 Å². The van der Waals surface area contributed by atoms with Crippen LogP contribution in [-0.4, -0.2) is 32.8 Å². The number of nitrogens with zero attached hydrogens (tertiary/aromatic N) is 4. The standard InChI is InChI=1S/C13H13N5O5/c14-17-16-4-3-11(19)12(20)7-1-2-9-8(5-7)13(21)10(6-15-9)18(22)23/h1-2,5-6,11-12,19-20H,3-4H2,(H,15,21). The summed E-state index contributed by atoms with van der Waals surface area (Å²) in [6, 6.07) is 4.27. The Labute approximate surface area is 128 Å². The van der Waals surface area contributed by atoms with Crippen LogP contribution in [0.1, 0.15) is 18.1 Å². The van der Waals surface area contributed by atoms with Gasteiger partial charge in [0.2, 0.25) is 0 Å². The number of pyridine rings is 1. The fourth-order valence-corrected chi connectivity index (χ4v) is 2.16. The summed E-state index contributed by atoms with van der Waals surface area (Å²) in [5.41, 5.74) is 7.40. The number of aliphatic hydroxyl groups excluding tert-OH is 2. The molecule has 2 rings (SSSR count). The highest BCUT2D eigenvalue weighted by Gasteiger charge is 2.20. The predicted octanol–water partition coefficient (Wildman–Crippen LogP) is 1.53. The van der Waals surface area contributed by atoms with E-state index in [0.717, 1.165) is 6.20 Å². The number of aromatic nitrogens is 1. The van der Waals surface area contributed by atoms with E-state index in [1.165, 1.54) is 18.2 Å². The number of hydrogen-bond acceptors (Lipinski definition) is 6. The maximum Gasteiger partial charge on any atom is 0.332 e. The van der Waals surface area contributed by atoms with Gasteiger partial charge in [0, 0.05) is 17.0 Å². The number of azide groups is 1. The van der Waals surface area contributed by atoms with E-state index in [4.69, 9.17) is 5.53 Å². The fourth-order valence-electron chi connectivity index (χ4n) is 2.16. The van der Waals surface area contributed by atoms with Crippen molar-refractivity contribution in [1.29, 1.82) is 0 Å². The molecule has 0 saturated heterocycles. The Bertz CT molecular complexity index is 842. The van der Waals surface area contributed by atoms with Gasteiger partial charge in [-0.3, -0.25) is 14.9 Å². The number of hydrogen-bond donors (Lipinski definition) is 3. The first-order valence-electron chi connectivity index (χ1n) is 6.62. The number of aromatic amines is 1. The number of benzene rings is 1. The van der Waals surface area contributed by atoms with Gasteiger partial charge in [0.05, 0.1) is 22.6 Å². The van der Waals surface area contributed by atoms with Crippen LogP contribution in [0.25, 0.3) is 21.3 Å². The average Bonchev–Trinajstić information content (AvgIpc) is 2.54. The third-order valence-electron chi connectivity index (χ3n) is 3.38. The van der Waals surface area contributed by atoms with E-state index in [1.807, 2.05) is 0 Å². The van der Waals surface area contributed by atoms with E-state index in [1.54, 1.807) is 0 Å². The zero-order valence-corrected chi connectivity index (χ0v) is 11.8. The van der Waals surface area contributed by atoms with Gasteiger partial charge in [0.25, 0.3) is 5.43 Å². The molecule has 3 N–H and O–H groups in total. The average molecular weight is 319 g/mol. The summed E-state index contributed by atoms with van der Waals surface area (Å²) in [5, 5.41) is 34.0. The number of nitrogens with one attached hydrogen (secondary N) is 1. The van der Waals surface area contributed by atoms with Crippen LogP contribution in [0, 0.1) is 10.1 Å². The molecule has 0 fully saturated rings. The smallest absolute Gasteiger partial charge is 0.332 e. The summed E-state index contributed by atoms with van der Waals surface area (Å²) in [6.45, 7) is 0.00830. The normalized spacial score (nSPS) is 13.3. The summed E-state index contributed by atoms with van der Waals surface area (Å²) in [6.07, 6.45) is -1.47. The van der Waals surface area contributed by atoms with Gasteiger partial charge in [-0.1, -0.05) is 11.2 Å². The molecule has 0 amide bonds. The highest BCUT2D eigenvalue weighted by Crippen LogP contribution is 2.22. The van der Waals surface area contributed by atoms with Crippen molar-refractivity contribution >= 4 is 16.6 Å². The number of fused-ring (bicyclic) bond motifs is 1. The number of rotatable bonds is 6. The number of H-pyrrole nitrogens is 1. The largest absolute Gasteiger partial charge is 0.390 e. The molecule has 0 spiro atoms. The molecule has 1 aromatic heterocycles. The van der Waals surface area contributed by atoms with Crippen LogP contribution in [0.2, 0.25) is 0 Å². The lowest BCUT2D eigenvalue weighted by molar-refractivity contribution is -0.386. The second kappa shape index (κ2) is 6.88. The molecule has 120 valence electrons. The molecule has 1 aromatic carbocycles. The van der Waals surface area contributed by atoms with E-state index in [9.17, 15) is 25.1 Å². The van der Waals surface area contributed by atoms with E-state index < -0.39 is 28.2 Å². The van der Waals surface area contributed by atoms with Crippen LogP contribution in [0.3, 0.4) is 0 Å². The highest BCUT2D eigenvalue weighted by atomic mass is 16.6. The van der Waals surface area contributed by atoms with Crippen LogP contribution in [0.4, 0.5) is 5.69 Å². The molecule has 2 aromatic rings. The van der Waals surface area contributed by atoms with Gasteiger partial charge in [-0.15, -0.1) is 0 Å². The van der Waals surface area contributed by atoms with Gasteiger partial charge in [-0.2, -0.15) is 0 Å². The minimum atomic E-state index is -1.31. The van der Waals surface area contributed by atoms with E-state index in [0.29, 0.717) is 5.52 Å². The molecular formula is C13H13N5O5. The van der Waals surface area contributed by atoms with E-state index >= 15 is 0 Å². The first-order chi connectivity index (χ1) is 11.0. The Morgan fingerprint density at radius 3 is 2.83 bits per heavy atom. The summed E-state index contributed by atoms with van der Waals surface area (Å²) >= 11 is 0. The van der Waals surface area contributed by atoms with Crippen LogP contribution in [0.15, 0.2) is 34.3 Å². The van der Waals surface area contributed by atoms with Crippen LogP contribution >= 0.6 is 0 Å². The van der Waals surface area contributed by atoms with Crippen LogP contribution < -0.4 is 5.43 Å². The topological polar surface area (TPSA) is 165 Å². The lowest BCUT2D eigenvalue weighted by Crippen LogP contribution is -2.19. The van der Waals surface area contributed by atoms with Crippen molar-refractivity contribution in [3.05, 3.63) is 60.7 Å². The van der Waals surface area contributed by atoms with E-state index in [-0.39, 0.29) is 23.9 Å². The maximum absolute atomic E-state index is 12.1. The highest BCUT2D eigenvalue weighted by molar-refractivity contribution is 5.81. The quantitative estimate of drug-likeness (QED) is 0.241. The lowest BCUT2D eigenvalue weighted by Gasteiger charge is -2.17. The first kappa shape index (κ1) is 16.4. The SMILES string of the molecule is [N-]=[N+]=NCCC(O)C(O)c1ccc2[nH]cc([N+](=O)[O-])c(=O)c2c1. The Morgan fingerprint density at radius 2 is 2.17 bits per heavy atom. The van der Waals surface area contributed by atoms with Crippen molar-refractivity contribution in [3.8, 4) is 0 Å². The van der Waals surface area contributed by atoms with Gasteiger partial charge >= 0.3 is 5.69 Å². The molecule has 0 radical (unpaired) electrons. The Balaban J connectivity index is 2.38. The van der Waals surface area contributed by atoms with E-state index in [2.05, 4.69) is 15.0 Å². The molecule has 10 nitrogen and oxygen atoms in total. The molecule has 2 atom stereocenters. The summed E-state index contributed by atoms with van der Waals surface area (Å²) in [7, 11) is 0. The minimum absolute atomic E-state index is 0.00830.